The summed E-state index contributed by atoms with van der Waals surface area (Å²) in [5.74, 6) is -0.341. The Hall–Kier alpha value is -1.55. The number of rotatable bonds is 6. The summed E-state index contributed by atoms with van der Waals surface area (Å²) in [6.45, 7) is 4.56. The second-order valence-corrected chi connectivity index (χ2v) is 4.65. The molecule has 1 atom stereocenters. The number of nitrogens with two attached hydrogens (primary N) is 1. The first-order chi connectivity index (χ1) is 8.47. The normalized spacial score (nSPS) is 13.8. The number of carbonyl (C=O) groups excluding carboxylic acids is 1. The van der Waals surface area contributed by atoms with Crippen molar-refractivity contribution in [1.82, 2.24) is 0 Å². The Morgan fingerprint density at radius 3 is 2.56 bits per heavy atom. The molecule has 0 fully saturated rings. The van der Waals surface area contributed by atoms with Gasteiger partial charge in [-0.25, -0.2) is 0 Å². The van der Waals surface area contributed by atoms with Crippen molar-refractivity contribution in [3.63, 3.8) is 0 Å². The van der Waals surface area contributed by atoms with E-state index in [-0.39, 0.29) is 5.97 Å². The van der Waals surface area contributed by atoms with E-state index in [2.05, 4.69) is 4.90 Å². The second kappa shape index (κ2) is 6.40. The lowest BCUT2D eigenvalue weighted by atomic mass is 9.99. The highest BCUT2D eigenvalue weighted by Gasteiger charge is 2.29. The molecule has 0 aliphatic rings. The van der Waals surface area contributed by atoms with Gasteiger partial charge in [0.15, 0.2) is 0 Å². The van der Waals surface area contributed by atoms with Crippen LogP contribution in [0.3, 0.4) is 0 Å². The molecule has 18 heavy (non-hydrogen) atoms. The summed E-state index contributed by atoms with van der Waals surface area (Å²) in [6.07, 6.45) is 0.553. The molecule has 0 spiro atoms. The predicted octanol–water partition coefficient (Wildman–Crippen LogP) is 1.79. The van der Waals surface area contributed by atoms with Gasteiger partial charge in [-0.05, 0) is 32.4 Å². The van der Waals surface area contributed by atoms with E-state index in [9.17, 15) is 4.79 Å². The third-order valence-corrected chi connectivity index (χ3v) is 2.91. The van der Waals surface area contributed by atoms with E-state index in [4.69, 9.17) is 10.5 Å². The van der Waals surface area contributed by atoms with Gasteiger partial charge in [-0.15, -0.1) is 0 Å². The van der Waals surface area contributed by atoms with Gasteiger partial charge in [-0.3, -0.25) is 4.79 Å². The zero-order valence-corrected chi connectivity index (χ0v) is 11.3. The van der Waals surface area contributed by atoms with E-state index in [1.165, 1.54) is 0 Å². The SMILES string of the molecule is CCOC(=O)C(C)(N)CCN(C)c1ccccc1. The van der Waals surface area contributed by atoms with Crippen molar-refractivity contribution in [3.8, 4) is 0 Å². The molecule has 0 radical (unpaired) electrons. The lowest BCUT2D eigenvalue weighted by Gasteiger charge is -2.26. The van der Waals surface area contributed by atoms with Gasteiger partial charge in [0.1, 0.15) is 5.54 Å². The van der Waals surface area contributed by atoms with E-state index in [0.29, 0.717) is 19.6 Å². The number of hydrogen-bond acceptors (Lipinski definition) is 4. The van der Waals surface area contributed by atoms with Crippen LogP contribution < -0.4 is 10.6 Å². The molecule has 0 aliphatic heterocycles. The van der Waals surface area contributed by atoms with Crippen molar-refractivity contribution >= 4 is 11.7 Å². The van der Waals surface area contributed by atoms with Crippen LogP contribution in [0.25, 0.3) is 0 Å². The van der Waals surface area contributed by atoms with E-state index in [1.807, 2.05) is 37.4 Å². The van der Waals surface area contributed by atoms with E-state index in [0.717, 1.165) is 5.69 Å². The van der Waals surface area contributed by atoms with Crippen molar-refractivity contribution in [2.45, 2.75) is 25.8 Å². The molecule has 2 N–H and O–H groups in total. The minimum atomic E-state index is -0.931. The van der Waals surface area contributed by atoms with Crippen molar-refractivity contribution < 1.29 is 9.53 Å². The summed E-state index contributed by atoms with van der Waals surface area (Å²) in [5, 5.41) is 0. The number of hydrogen-bond donors (Lipinski definition) is 1. The summed E-state index contributed by atoms with van der Waals surface area (Å²) in [5.41, 5.74) is 6.15. The minimum absolute atomic E-state index is 0.341. The van der Waals surface area contributed by atoms with Gasteiger partial charge in [0.25, 0.3) is 0 Å². The first-order valence-corrected chi connectivity index (χ1v) is 6.19. The molecule has 0 saturated heterocycles. The minimum Gasteiger partial charge on any atom is -0.465 e. The zero-order chi connectivity index (χ0) is 13.6. The maximum Gasteiger partial charge on any atom is 0.325 e. The van der Waals surface area contributed by atoms with Crippen LogP contribution in [-0.4, -0.2) is 31.7 Å². The molecule has 100 valence electrons. The fourth-order valence-corrected chi connectivity index (χ4v) is 1.61. The van der Waals surface area contributed by atoms with Crippen LogP contribution in [0.5, 0.6) is 0 Å². The van der Waals surface area contributed by atoms with Gasteiger partial charge < -0.3 is 15.4 Å². The lowest BCUT2D eigenvalue weighted by molar-refractivity contribution is -0.149. The van der Waals surface area contributed by atoms with Crippen molar-refractivity contribution in [3.05, 3.63) is 30.3 Å². The summed E-state index contributed by atoms with van der Waals surface area (Å²) in [7, 11) is 1.98. The Labute approximate surface area is 109 Å². The Morgan fingerprint density at radius 2 is 2.00 bits per heavy atom. The quantitative estimate of drug-likeness (QED) is 0.782. The first kappa shape index (κ1) is 14.5. The van der Waals surface area contributed by atoms with Gasteiger partial charge >= 0.3 is 5.97 Å². The average molecular weight is 250 g/mol. The molecular weight excluding hydrogens is 228 g/mol. The van der Waals surface area contributed by atoms with Crippen LogP contribution in [0.4, 0.5) is 5.69 Å². The first-order valence-electron chi connectivity index (χ1n) is 6.19. The molecule has 1 aromatic rings. The van der Waals surface area contributed by atoms with Gasteiger partial charge in [-0.1, -0.05) is 18.2 Å². The number of benzene rings is 1. The summed E-state index contributed by atoms with van der Waals surface area (Å²) in [4.78, 5) is 13.7. The van der Waals surface area contributed by atoms with Crippen LogP contribution in [-0.2, 0) is 9.53 Å². The van der Waals surface area contributed by atoms with E-state index < -0.39 is 5.54 Å². The predicted molar refractivity (Wildman–Crippen MR) is 73.6 cm³/mol. The largest absolute Gasteiger partial charge is 0.465 e. The van der Waals surface area contributed by atoms with Gasteiger partial charge in [0.2, 0.25) is 0 Å². The molecule has 0 bridgehead atoms. The van der Waals surface area contributed by atoms with E-state index in [1.54, 1.807) is 13.8 Å². The standard InChI is InChI=1S/C14H22N2O2/c1-4-18-13(17)14(2,15)10-11-16(3)12-8-6-5-7-9-12/h5-9H,4,10-11,15H2,1-3H3. The fourth-order valence-electron chi connectivity index (χ4n) is 1.61. The van der Waals surface area contributed by atoms with Gasteiger partial charge in [-0.2, -0.15) is 0 Å². The molecule has 0 heterocycles. The summed E-state index contributed by atoms with van der Waals surface area (Å²) >= 11 is 0. The number of carbonyl (C=O) groups is 1. The molecule has 0 aliphatic carbocycles. The Morgan fingerprint density at radius 1 is 1.39 bits per heavy atom. The Kier molecular flexibility index (Phi) is 5.16. The number of esters is 1. The van der Waals surface area contributed by atoms with Gasteiger partial charge in [0, 0.05) is 19.3 Å². The Bertz CT molecular complexity index is 377. The lowest BCUT2D eigenvalue weighted by Crippen LogP contribution is -2.48. The van der Waals surface area contributed by atoms with Crippen LogP contribution in [0.1, 0.15) is 20.3 Å². The van der Waals surface area contributed by atoms with Crippen LogP contribution in [0.2, 0.25) is 0 Å². The van der Waals surface area contributed by atoms with E-state index >= 15 is 0 Å². The number of nitrogens with zero attached hydrogens (tertiary/aromatic N) is 1. The highest BCUT2D eigenvalue weighted by atomic mass is 16.5. The third-order valence-electron chi connectivity index (χ3n) is 2.91. The van der Waals surface area contributed by atoms with Crippen LogP contribution >= 0.6 is 0 Å². The van der Waals surface area contributed by atoms with Gasteiger partial charge in [0.05, 0.1) is 6.61 Å². The molecule has 1 unspecified atom stereocenters. The highest BCUT2D eigenvalue weighted by Crippen LogP contribution is 2.15. The van der Waals surface area contributed by atoms with Crippen molar-refractivity contribution in [2.24, 2.45) is 5.73 Å². The highest BCUT2D eigenvalue weighted by molar-refractivity contribution is 5.80. The number of ether oxygens (including phenoxy) is 1. The molecule has 0 amide bonds. The molecular formula is C14H22N2O2. The fraction of sp³-hybridized carbons (Fsp3) is 0.500. The van der Waals surface area contributed by atoms with Crippen molar-refractivity contribution in [2.75, 3.05) is 25.1 Å². The van der Waals surface area contributed by atoms with Crippen molar-refractivity contribution in [1.29, 1.82) is 0 Å². The molecule has 4 heteroatoms. The zero-order valence-electron chi connectivity index (χ0n) is 11.3. The molecule has 0 aromatic heterocycles. The topological polar surface area (TPSA) is 55.6 Å². The second-order valence-electron chi connectivity index (χ2n) is 4.65. The monoisotopic (exact) mass is 250 g/mol. The summed E-state index contributed by atoms with van der Waals surface area (Å²) in [6, 6.07) is 10.00. The average Bonchev–Trinajstić information content (AvgIpc) is 2.37. The Balaban J connectivity index is 2.52. The molecule has 0 saturated carbocycles. The molecule has 4 nitrogen and oxygen atoms in total. The maximum absolute atomic E-state index is 11.6. The molecule has 1 aromatic carbocycles. The van der Waals surface area contributed by atoms with Crippen LogP contribution in [0, 0.1) is 0 Å². The van der Waals surface area contributed by atoms with Crippen LogP contribution in [0.15, 0.2) is 30.3 Å². The third kappa shape index (κ3) is 4.04. The smallest absolute Gasteiger partial charge is 0.325 e. The maximum atomic E-state index is 11.6. The molecule has 1 rings (SSSR count). The number of anilines is 1. The summed E-state index contributed by atoms with van der Waals surface area (Å²) < 4.78 is 4.96. The number of para-hydroxylation sites is 1.